The Morgan fingerprint density at radius 3 is 2.18 bits per heavy atom. The van der Waals surface area contributed by atoms with E-state index in [1.54, 1.807) is 4.90 Å². The SMILES string of the molecule is Cc1ccc(-c2ccc(C(C)N3CCC(CC(C)(C)C#N)OC3=O)cc2)nn1.c1ccccc1. The number of nitrogens with zero attached hydrogens (tertiary/aromatic N) is 4. The Balaban J connectivity index is 0.000000469. The van der Waals surface area contributed by atoms with Crippen molar-refractivity contribution in [1.82, 2.24) is 15.1 Å². The lowest BCUT2D eigenvalue weighted by atomic mass is 9.87. The van der Waals surface area contributed by atoms with Gasteiger partial charge in [0.1, 0.15) is 6.10 Å². The van der Waals surface area contributed by atoms with Gasteiger partial charge in [-0.25, -0.2) is 4.79 Å². The quantitative estimate of drug-likeness (QED) is 0.447. The number of aryl methyl sites for hydroxylation is 1. The molecule has 1 saturated heterocycles. The summed E-state index contributed by atoms with van der Waals surface area (Å²) in [5, 5.41) is 17.5. The molecule has 0 bridgehead atoms. The van der Waals surface area contributed by atoms with Crippen LogP contribution >= 0.6 is 0 Å². The van der Waals surface area contributed by atoms with Crippen LogP contribution in [0.4, 0.5) is 4.79 Å². The summed E-state index contributed by atoms with van der Waals surface area (Å²) in [5.41, 5.74) is 3.24. The predicted octanol–water partition coefficient (Wildman–Crippen LogP) is 6.35. The molecule has 2 atom stereocenters. The van der Waals surface area contributed by atoms with E-state index >= 15 is 0 Å². The number of ether oxygens (including phenoxy) is 1. The standard InChI is InChI=1S/C22H26N4O2.C6H6/c1-15-5-10-20(25-24-15)18-8-6-17(7-9-18)16(2)26-12-11-19(28-21(26)27)13-22(3,4)14-23;1-2-4-6-5-3-1/h5-10,16,19H,11-13H2,1-4H3;1-6H. The van der Waals surface area contributed by atoms with Gasteiger partial charge in [-0.3, -0.25) is 0 Å². The Morgan fingerprint density at radius 2 is 1.68 bits per heavy atom. The normalized spacial score (nSPS) is 16.5. The molecule has 0 aliphatic carbocycles. The molecule has 4 rings (SSSR count). The minimum Gasteiger partial charge on any atom is -0.446 e. The Labute approximate surface area is 202 Å². The van der Waals surface area contributed by atoms with Crippen LogP contribution in [0.3, 0.4) is 0 Å². The van der Waals surface area contributed by atoms with Crippen LogP contribution in [0.2, 0.25) is 0 Å². The van der Waals surface area contributed by atoms with Crippen molar-refractivity contribution in [2.45, 2.75) is 52.7 Å². The zero-order valence-electron chi connectivity index (χ0n) is 20.3. The molecule has 34 heavy (non-hydrogen) atoms. The van der Waals surface area contributed by atoms with Crippen LogP contribution in [0, 0.1) is 23.7 Å². The van der Waals surface area contributed by atoms with Crippen LogP contribution in [0.5, 0.6) is 0 Å². The van der Waals surface area contributed by atoms with Crippen molar-refractivity contribution >= 4 is 6.09 Å². The highest BCUT2D eigenvalue weighted by Gasteiger charge is 2.34. The van der Waals surface area contributed by atoms with Gasteiger partial charge in [0.2, 0.25) is 0 Å². The Kier molecular flexibility index (Phi) is 8.37. The summed E-state index contributed by atoms with van der Waals surface area (Å²) in [6.07, 6.45) is 0.779. The number of amides is 1. The zero-order valence-corrected chi connectivity index (χ0v) is 20.3. The minimum absolute atomic E-state index is 0.0874. The molecule has 3 aromatic rings. The van der Waals surface area contributed by atoms with E-state index in [-0.39, 0.29) is 18.2 Å². The van der Waals surface area contributed by atoms with Crippen LogP contribution in [0.25, 0.3) is 11.3 Å². The molecular formula is C28H32N4O2. The maximum absolute atomic E-state index is 12.5. The third kappa shape index (κ3) is 6.89. The summed E-state index contributed by atoms with van der Waals surface area (Å²) in [4.78, 5) is 14.3. The average molecular weight is 457 g/mol. The summed E-state index contributed by atoms with van der Waals surface area (Å²) < 4.78 is 5.60. The largest absolute Gasteiger partial charge is 0.446 e. The molecule has 1 aliphatic rings. The fourth-order valence-electron chi connectivity index (χ4n) is 3.80. The maximum atomic E-state index is 12.5. The van der Waals surface area contributed by atoms with Gasteiger partial charge >= 0.3 is 6.09 Å². The highest BCUT2D eigenvalue weighted by Crippen LogP contribution is 2.31. The highest BCUT2D eigenvalue weighted by atomic mass is 16.6. The molecule has 0 radical (unpaired) electrons. The summed E-state index contributed by atoms with van der Waals surface area (Å²) in [6, 6.07) is 26.1. The lowest BCUT2D eigenvalue weighted by Gasteiger charge is -2.37. The molecule has 0 spiro atoms. The van der Waals surface area contributed by atoms with E-state index < -0.39 is 5.41 Å². The Hall–Kier alpha value is -3.72. The van der Waals surface area contributed by atoms with Gasteiger partial charge in [-0.2, -0.15) is 15.5 Å². The highest BCUT2D eigenvalue weighted by molar-refractivity contribution is 5.69. The molecule has 6 nitrogen and oxygen atoms in total. The number of hydrogen-bond donors (Lipinski definition) is 0. The second kappa shape index (κ2) is 11.4. The monoisotopic (exact) mass is 456 g/mol. The fraction of sp³-hybridized carbons (Fsp3) is 0.357. The third-order valence-corrected chi connectivity index (χ3v) is 5.86. The van der Waals surface area contributed by atoms with Crippen molar-refractivity contribution in [2.75, 3.05) is 6.54 Å². The Bertz CT molecular complexity index is 1060. The molecule has 2 aromatic carbocycles. The number of aromatic nitrogens is 2. The van der Waals surface area contributed by atoms with Crippen molar-refractivity contribution in [3.8, 4) is 17.3 Å². The molecule has 0 N–H and O–H groups in total. The first-order valence-electron chi connectivity index (χ1n) is 11.6. The summed E-state index contributed by atoms with van der Waals surface area (Å²) >= 11 is 0. The van der Waals surface area contributed by atoms with Crippen molar-refractivity contribution in [2.24, 2.45) is 5.41 Å². The second-order valence-corrected chi connectivity index (χ2v) is 9.20. The van der Waals surface area contributed by atoms with Crippen LogP contribution in [-0.4, -0.2) is 33.8 Å². The van der Waals surface area contributed by atoms with E-state index in [0.717, 1.165) is 28.9 Å². The number of cyclic esters (lactones) is 1. The Morgan fingerprint density at radius 1 is 1.06 bits per heavy atom. The summed E-state index contributed by atoms with van der Waals surface area (Å²) in [7, 11) is 0. The van der Waals surface area contributed by atoms with Crippen LogP contribution in [-0.2, 0) is 4.74 Å². The second-order valence-electron chi connectivity index (χ2n) is 9.20. The predicted molar refractivity (Wildman–Crippen MR) is 133 cm³/mol. The smallest absolute Gasteiger partial charge is 0.410 e. The average Bonchev–Trinajstić information content (AvgIpc) is 2.86. The first-order valence-corrected chi connectivity index (χ1v) is 11.6. The number of hydrogen-bond acceptors (Lipinski definition) is 5. The van der Waals surface area contributed by atoms with E-state index in [1.165, 1.54) is 0 Å². The number of benzene rings is 2. The molecule has 1 aliphatic heterocycles. The van der Waals surface area contributed by atoms with Crippen LogP contribution in [0.15, 0.2) is 72.8 Å². The van der Waals surface area contributed by atoms with E-state index in [1.807, 2.05) is 100 Å². The summed E-state index contributed by atoms with van der Waals surface area (Å²) in [6.45, 7) is 8.27. The van der Waals surface area contributed by atoms with Gasteiger partial charge in [0.25, 0.3) is 0 Å². The van der Waals surface area contributed by atoms with Gasteiger partial charge in [-0.1, -0.05) is 60.7 Å². The van der Waals surface area contributed by atoms with Gasteiger partial charge in [0.05, 0.1) is 28.9 Å². The minimum atomic E-state index is -0.493. The molecular weight excluding hydrogens is 424 g/mol. The van der Waals surface area contributed by atoms with Crippen molar-refractivity contribution in [3.63, 3.8) is 0 Å². The van der Waals surface area contributed by atoms with Crippen molar-refractivity contribution in [1.29, 1.82) is 5.26 Å². The molecule has 1 amide bonds. The molecule has 2 unspecified atom stereocenters. The van der Waals surface area contributed by atoms with E-state index in [9.17, 15) is 10.1 Å². The van der Waals surface area contributed by atoms with Crippen LogP contribution in [0.1, 0.15) is 50.9 Å². The van der Waals surface area contributed by atoms with E-state index in [2.05, 4.69) is 16.3 Å². The molecule has 1 fully saturated rings. The van der Waals surface area contributed by atoms with Crippen molar-refractivity contribution in [3.05, 3.63) is 84.1 Å². The van der Waals surface area contributed by atoms with Gasteiger partial charge < -0.3 is 9.64 Å². The lowest BCUT2D eigenvalue weighted by molar-refractivity contribution is 0.000797. The first kappa shape index (κ1) is 24.9. The zero-order chi connectivity index (χ0) is 24.6. The van der Waals surface area contributed by atoms with Gasteiger partial charge in [0, 0.05) is 24.9 Å². The van der Waals surface area contributed by atoms with E-state index in [0.29, 0.717) is 13.0 Å². The number of nitriles is 1. The van der Waals surface area contributed by atoms with Crippen LogP contribution < -0.4 is 0 Å². The summed E-state index contributed by atoms with van der Waals surface area (Å²) in [5.74, 6) is 0. The topological polar surface area (TPSA) is 79.1 Å². The molecule has 176 valence electrons. The first-order chi connectivity index (χ1) is 16.3. The fourth-order valence-corrected chi connectivity index (χ4v) is 3.80. The molecule has 1 aromatic heterocycles. The van der Waals surface area contributed by atoms with Gasteiger partial charge in [-0.15, -0.1) is 0 Å². The van der Waals surface area contributed by atoms with Crippen molar-refractivity contribution < 1.29 is 9.53 Å². The number of carbonyl (C=O) groups excluding carboxylic acids is 1. The maximum Gasteiger partial charge on any atom is 0.410 e. The molecule has 0 saturated carbocycles. The molecule has 6 heteroatoms. The van der Waals surface area contributed by atoms with Gasteiger partial charge in [-0.05, 0) is 45.4 Å². The lowest BCUT2D eigenvalue weighted by Crippen LogP contribution is -2.44. The number of rotatable bonds is 5. The number of carbonyl (C=O) groups is 1. The van der Waals surface area contributed by atoms with Gasteiger partial charge in [0.15, 0.2) is 0 Å². The third-order valence-electron chi connectivity index (χ3n) is 5.86. The molecule has 2 heterocycles. The van der Waals surface area contributed by atoms with E-state index in [4.69, 9.17) is 4.74 Å².